The highest BCUT2D eigenvalue weighted by Gasteiger charge is 2.26. The van der Waals surface area contributed by atoms with Gasteiger partial charge in [0.15, 0.2) is 0 Å². The van der Waals surface area contributed by atoms with Crippen LogP contribution in [0.5, 0.6) is 0 Å². The van der Waals surface area contributed by atoms with Gasteiger partial charge in [0, 0.05) is 12.2 Å². The second-order valence-corrected chi connectivity index (χ2v) is 5.33. The topological polar surface area (TPSA) is 69.6 Å². The number of rotatable bonds is 4. The quantitative estimate of drug-likeness (QED) is 0.878. The zero-order chi connectivity index (χ0) is 14.5. The first kappa shape index (κ1) is 14.5. The van der Waals surface area contributed by atoms with Gasteiger partial charge in [-0.25, -0.2) is 0 Å². The fourth-order valence-electron chi connectivity index (χ4n) is 2.44. The number of anilines is 1. The van der Waals surface area contributed by atoms with Gasteiger partial charge in [-0.2, -0.15) is 0 Å². The van der Waals surface area contributed by atoms with Crippen LogP contribution in [-0.2, 0) is 9.59 Å². The van der Waals surface area contributed by atoms with Crippen LogP contribution < -0.4 is 5.32 Å². The summed E-state index contributed by atoms with van der Waals surface area (Å²) in [4.78, 5) is 24.8. The van der Waals surface area contributed by atoms with Crippen LogP contribution in [0.3, 0.4) is 0 Å². The lowest BCUT2D eigenvalue weighted by molar-refractivity contribution is -0.144. The number of nitrogens with zero attached hydrogens (tertiary/aromatic N) is 1. The van der Waals surface area contributed by atoms with Crippen molar-refractivity contribution in [3.05, 3.63) is 29.8 Å². The summed E-state index contributed by atoms with van der Waals surface area (Å²) in [6.45, 7) is 3.48. The molecule has 0 spiro atoms. The number of piperidine rings is 1. The van der Waals surface area contributed by atoms with Crippen molar-refractivity contribution in [1.82, 2.24) is 4.90 Å². The second kappa shape index (κ2) is 6.52. The van der Waals surface area contributed by atoms with Crippen LogP contribution in [-0.4, -0.2) is 41.5 Å². The maximum absolute atomic E-state index is 11.9. The van der Waals surface area contributed by atoms with E-state index in [-0.39, 0.29) is 18.4 Å². The molecular weight excluding hydrogens is 256 g/mol. The Morgan fingerprint density at radius 2 is 2.05 bits per heavy atom. The van der Waals surface area contributed by atoms with E-state index in [0.717, 1.165) is 24.2 Å². The molecule has 1 amide bonds. The van der Waals surface area contributed by atoms with Crippen LogP contribution in [0.15, 0.2) is 24.3 Å². The fourth-order valence-corrected chi connectivity index (χ4v) is 2.44. The lowest BCUT2D eigenvalue weighted by Gasteiger charge is -2.29. The fraction of sp³-hybridized carbons (Fsp3) is 0.467. The maximum atomic E-state index is 11.9. The molecule has 108 valence electrons. The largest absolute Gasteiger partial charge is 0.481 e. The van der Waals surface area contributed by atoms with Crippen molar-refractivity contribution in [3.63, 3.8) is 0 Å². The summed E-state index contributed by atoms with van der Waals surface area (Å²) in [7, 11) is 0. The van der Waals surface area contributed by atoms with Crippen LogP contribution in [0.25, 0.3) is 0 Å². The number of carbonyl (C=O) groups excluding carboxylic acids is 1. The highest BCUT2D eigenvalue weighted by Crippen LogP contribution is 2.16. The van der Waals surface area contributed by atoms with Crippen molar-refractivity contribution in [2.24, 2.45) is 5.92 Å². The normalized spacial score (nSPS) is 19.6. The van der Waals surface area contributed by atoms with Gasteiger partial charge in [-0.1, -0.05) is 17.7 Å². The molecule has 2 N–H and O–H groups in total. The average molecular weight is 276 g/mol. The van der Waals surface area contributed by atoms with Crippen molar-refractivity contribution in [1.29, 1.82) is 0 Å². The predicted octanol–water partition coefficient (Wildman–Crippen LogP) is 1.73. The van der Waals surface area contributed by atoms with E-state index in [2.05, 4.69) is 5.32 Å². The molecule has 1 atom stereocenters. The van der Waals surface area contributed by atoms with E-state index in [1.54, 1.807) is 0 Å². The molecule has 1 fully saturated rings. The minimum Gasteiger partial charge on any atom is -0.481 e. The first-order valence-corrected chi connectivity index (χ1v) is 6.86. The van der Waals surface area contributed by atoms with Gasteiger partial charge >= 0.3 is 5.97 Å². The van der Waals surface area contributed by atoms with Gasteiger partial charge in [-0.05, 0) is 38.4 Å². The predicted molar refractivity (Wildman–Crippen MR) is 76.6 cm³/mol. The SMILES string of the molecule is Cc1ccc(NC(=O)CN2CCCC(C(=O)O)C2)cc1. The molecule has 0 radical (unpaired) electrons. The van der Waals surface area contributed by atoms with E-state index in [1.807, 2.05) is 36.1 Å². The number of nitrogens with one attached hydrogen (secondary N) is 1. The molecule has 0 bridgehead atoms. The average Bonchev–Trinajstić information content (AvgIpc) is 2.41. The van der Waals surface area contributed by atoms with Gasteiger partial charge in [0.25, 0.3) is 0 Å². The Hall–Kier alpha value is -1.88. The van der Waals surface area contributed by atoms with Gasteiger partial charge in [-0.3, -0.25) is 14.5 Å². The van der Waals surface area contributed by atoms with Gasteiger partial charge < -0.3 is 10.4 Å². The Morgan fingerprint density at radius 3 is 2.70 bits per heavy atom. The number of aryl methyl sites for hydroxylation is 1. The minimum absolute atomic E-state index is 0.0973. The van der Waals surface area contributed by atoms with Crippen LogP contribution in [0.4, 0.5) is 5.69 Å². The van der Waals surface area contributed by atoms with Crippen molar-refractivity contribution in [2.45, 2.75) is 19.8 Å². The molecule has 2 rings (SSSR count). The molecule has 1 aliphatic rings. The van der Waals surface area contributed by atoms with Crippen molar-refractivity contribution in [3.8, 4) is 0 Å². The minimum atomic E-state index is -0.770. The van der Waals surface area contributed by atoms with E-state index in [9.17, 15) is 9.59 Å². The summed E-state index contributed by atoms with van der Waals surface area (Å²) in [5.74, 6) is -1.22. The number of aliphatic carboxylic acids is 1. The summed E-state index contributed by atoms with van der Waals surface area (Å²) in [6.07, 6.45) is 1.53. The summed E-state index contributed by atoms with van der Waals surface area (Å²) in [6, 6.07) is 7.61. The van der Waals surface area contributed by atoms with Crippen molar-refractivity contribution >= 4 is 17.6 Å². The standard InChI is InChI=1S/C15H20N2O3/c1-11-4-6-13(7-5-11)16-14(18)10-17-8-2-3-12(9-17)15(19)20/h4-7,12H,2-3,8-10H2,1H3,(H,16,18)(H,19,20). The Morgan fingerprint density at radius 1 is 1.35 bits per heavy atom. The first-order valence-electron chi connectivity index (χ1n) is 6.86. The molecule has 1 unspecified atom stereocenters. The van der Waals surface area contributed by atoms with E-state index in [1.165, 1.54) is 0 Å². The second-order valence-electron chi connectivity index (χ2n) is 5.33. The number of carboxylic acids is 1. The smallest absolute Gasteiger partial charge is 0.307 e. The zero-order valence-corrected chi connectivity index (χ0v) is 11.6. The van der Waals surface area contributed by atoms with Crippen LogP contribution in [0, 0.1) is 12.8 Å². The van der Waals surface area contributed by atoms with Crippen LogP contribution in [0.1, 0.15) is 18.4 Å². The molecule has 1 aromatic rings. The third-order valence-electron chi connectivity index (χ3n) is 3.56. The Labute approximate surface area is 118 Å². The van der Waals surface area contributed by atoms with E-state index in [4.69, 9.17) is 5.11 Å². The highest BCUT2D eigenvalue weighted by molar-refractivity contribution is 5.92. The van der Waals surface area contributed by atoms with E-state index in [0.29, 0.717) is 13.0 Å². The zero-order valence-electron chi connectivity index (χ0n) is 11.6. The molecule has 20 heavy (non-hydrogen) atoms. The third kappa shape index (κ3) is 4.06. The highest BCUT2D eigenvalue weighted by atomic mass is 16.4. The molecule has 0 aliphatic carbocycles. The number of hydrogen-bond donors (Lipinski definition) is 2. The van der Waals surface area contributed by atoms with Gasteiger partial charge in [0.1, 0.15) is 0 Å². The number of carbonyl (C=O) groups is 2. The lowest BCUT2D eigenvalue weighted by atomic mass is 9.98. The number of benzene rings is 1. The molecule has 1 saturated heterocycles. The van der Waals surface area contributed by atoms with Crippen LogP contribution in [0.2, 0.25) is 0 Å². The summed E-state index contributed by atoms with van der Waals surface area (Å²) < 4.78 is 0. The van der Waals surface area contributed by atoms with Gasteiger partial charge in [-0.15, -0.1) is 0 Å². The Balaban J connectivity index is 1.85. The van der Waals surface area contributed by atoms with Gasteiger partial charge in [0.05, 0.1) is 12.5 Å². The molecule has 5 heteroatoms. The van der Waals surface area contributed by atoms with Crippen LogP contribution >= 0.6 is 0 Å². The van der Waals surface area contributed by atoms with Crippen molar-refractivity contribution < 1.29 is 14.7 Å². The number of amides is 1. The Kier molecular flexibility index (Phi) is 4.74. The first-order chi connectivity index (χ1) is 9.54. The van der Waals surface area contributed by atoms with Gasteiger partial charge in [0.2, 0.25) is 5.91 Å². The van der Waals surface area contributed by atoms with Crippen molar-refractivity contribution in [2.75, 3.05) is 25.0 Å². The molecule has 0 aromatic heterocycles. The molecule has 5 nitrogen and oxygen atoms in total. The molecular formula is C15H20N2O3. The number of hydrogen-bond acceptors (Lipinski definition) is 3. The monoisotopic (exact) mass is 276 g/mol. The molecule has 0 saturated carbocycles. The van der Waals surface area contributed by atoms with E-state index >= 15 is 0 Å². The molecule has 1 heterocycles. The maximum Gasteiger partial charge on any atom is 0.307 e. The lowest BCUT2D eigenvalue weighted by Crippen LogP contribution is -2.42. The number of likely N-dealkylation sites (tertiary alicyclic amines) is 1. The molecule has 1 aliphatic heterocycles. The summed E-state index contributed by atoms with van der Waals surface area (Å²) in [5, 5.41) is 11.9. The van der Waals surface area contributed by atoms with E-state index < -0.39 is 5.97 Å². The summed E-state index contributed by atoms with van der Waals surface area (Å²) in [5.41, 5.74) is 1.91. The third-order valence-corrected chi connectivity index (χ3v) is 3.56. The molecule has 1 aromatic carbocycles. The Bertz CT molecular complexity index is 484. The number of carboxylic acid groups (broad SMARTS) is 1. The summed E-state index contributed by atoms with van der Waals surface area (Å²) >= 11 is 0.